The largest absolute Gasteiger partial charge is 0.488 e. The van der Waals surface area contributed by atoms with Crippen LogP contribution in [-0.2, 0) is 16.2 Å². The van der Waals surface area contributed by atoms with Gasteiger partial charge in [0.05, 0.1) is 5.69 Å². The number of hydrogen-bond acceptors (Lipinski definition) is 4. The summed E-state index contributed by atoms with van der Waals surface area (Å²) in [4.78, 5) is 39.7. The van der Waals surface area contributed by atoms with Crippen LogP contribution in [0.1, 0.15) is 22.3 Å². The summed E-state index contributed by atoms with van der Waals surface area (Å²) in [7, 11) is 0. The van der Waals surface area contributed by atoms with Crippen LogP contribution < -0.4 is 15.0 Å². The minimum Gasteiger partial charge on any atom is -0.488 e. The van der Waals surface area contributed by atoms with Gasteiger partial charge in [0.15, 0.2) is 0 Å². The highest BCUT2D eigenvalue weighted by Gasteiger charge is 2.37. The first-order valence-electron chi connectivity index (χ1n) is 11.7. The summed E-state index contributed by atoms with van der Waals surface area (Å²) in [6.45, 7) is 4.14. The molecular weight excluding hydrogens is 532 g/mol. The third-order valence-electron chi connectivity index (χ3n) is 6.33. The molecule has 1 saturated heterocycles. The summed E-state index contributed by atoms with van der Waals surface area (Å²) in [5, 5.41) is 4.53. The quantitative estimate of drug-likeness (QED) is 0.227. The fourth-order valence-electron chi connectivity index (χ4n) is 4.17. The maximum atomic E-state index is 13.4. The first-order chi connectivity index (χ1) is 17.8. The van der Waals surface area contributed by atoms with E-state index in [9.17, 15) is 14.4 Å². The van der Waals surface area contributed by atoms with Gasteiger partial charge in [-0.2, -0.15) is 0 Å². The average molecular weight is 555 g/mol. The van der Waals surface area contributed by atoms with Crippen molar-refractivity contribution in [3.05, 3.63) is 111 Å². The van der Waals surface area contributed by atoms with Crippen molar-refractivity contribution in [2.24, 2.45) is 0 Å². The highest BCUT2D eigenvalue weighted by atomic mass is 79.9. The number of rotatable bonds is 5. The molecular formula is C30H23BrN2O4. The van der Waals surface area contributed by atoms with Crippen LogP contribution in [0.15, 0.2) is 88.9 Å². The third-order valence-corrected chi connectivity index (χ3v) is 6.82. The van der Waals surface area contributed by atoms with Crippen LogP contribution in [0.2, 0.25) is 0 Å². The summed E-state index contributed by atoms with van der Waals surface area (Å²) >= 11 is 3.45. The van der Waals surface area contributed by atoms with Crippen LogP contribution in [-0.4, -0.2) is 17.8 Å². The molecule has 37 heavy (non-hydrogen) atoms. The van der Waals surface area contributed by atoms with E-state index in [0.29, 0.717) is 23.6 Å². The van der Waals surface area contributed by atoms with E-state index in [0.717, 1.165) is 36.8 Å². The van der Waals surface area contributed by atoms with Crippen LogP contribution in [0.4, 0.5) is 10.5 Å². The standard InChI is InChI=1S/C30H23BrN2O4/c1-18-7-11-25(13-19(18)2)33-29(35)26(28(34)32-30(33)36)16-23-15-24(31)10-12-27(23)37-17-20-8-9-21-5-3-4-6-22(21)14-20/h3-16H,17H2,1-2H3,(H,32,34,36)/b26-16+. The number of hydrogen-bond donors (Lipinski definition) is 1. The molecule has 0 aromatic heterocycles. The Hall–Kier alpha value is -4.23. The Morgan fingerprint density at radius 3 is 2.43 bits per heavy atom. The van der Waals surface area contributed by atoms with Crippen molar-refractivity contribution >= 4 is 56.3 Å². The number of urea groups is 1. The predicted molar refractivity (Wildman–Crippen MR) is 147 cm³/mol. The summed E-state index contributed by atoms with van der Waals surface area (Å²) in [6.07, 6.45) is 1.46. The lowest BCUT2D eigenvalue weighted by Gasteiger charge is -2.27. The van der Waals surface area contributed by atoms with Crippen molar-refractivity contribution < 1.29 is 19.1 Å². The first kappa shape index (κ1) is 24.5. The Morgan fingerprint density at radius 2 is 1.65 bits per heavy atom. The predicted octanol–water partition coefficient (Wildman–Crippen LogP) is 6.46. The lowest BCUT2D eigenvalue weighted by Crippen LogP contribution is -2.54. The molecule has 0 saturated carbocycles. The second-order valence-corrected chi connectivity index (χ2v) is 9.79. The zero-order valence-electron chi connectivity index (χ0n) is 20.2. The number of halogens is 1. The van der Waals surface area contributed by atoms with Gasteiger partial charge in [-0.25, -0.2) is 9.69 Å². The second kappa shape index (κ2) is 10.0. The van der Waals surface area contributed by atoms with Gasteiger partial charge in [0, 0.05) is 10.0 Å². The van der Waals surface area contributed by atoms with Gasteiger partial charge in [-0.05, 0) is 83.8 Å². The molecule has 0 aliphatic carbocycles. The summed E-state index contributed by atoms with van der Waals surface area (Å²) in [6, 6.07) is 24.0. The molecule has 1 fully saturated rings. The zero-order chi connectivity index (χ0) is 26.1. The summed E-state index contributed by atoms with van der Waals surface area (Å²) in [5.74, 6) is -0.952. The highest BCUT2D eigenvalue weighted by molar-refractivity contribution is 9.10. The van der Waals surface area contributed by atoms with E-state index in [1.54, 1.807) is 24.3 Å². The number of benzene rings is 4. The number of amides is 4. The normalized spacial score (nSPS) is 14.8. The second-order valence-electron chi connectivity index (χ2n) is 8.88. The molecule has 4 aromatic carbocycles. The number of ether oxygens (including phenoxy) is 1. The number of imide groups is 2. The van der Waals surface area contributed by atoms with E-state index in [1.165, 1.54) is 6.08 Å². The van der Waals surface area contributed by atoms with Crippen molar-refractivity contribution in [3.63, 3.8) is 0 Å². The fourth-order valence-corrected chi connectivity index (χ4v) is 4.54. The number of aryl methyl sites for hydroxylation is 2. The molecule has 1 heterocycles. The van der Waals surface area contributed by atoms with E-state index in [1.807, 2.05) is 56.3 Å². The smallest absolute Gasteiger partial charge is 0.335 e. The molecule has 1 aliphatic heterocycles. The minimum atomic E-state index is -0.780. The number of nitrogens with one attached hydrogen (secondary N) is 1. The minimum absolute atomic E-state index is 0.161. The topological polar surface area (TPSA) is 75.7 Å². The van der Waals surface area contributed by atoms with Crippen LogP contribution in [0.3, 0.4) is 0 Å². The maximum absolute atomic E-state index is 13.4. The van der Waals surface area contributed by atoms with Crippen LogP contribution in [0.25, 0.3) is 16.8 Å². The Balaban J connectivity index is 1.46. The lowest BCUT2D eigenvalue weighted by atomic mass is 10.0. The van der Waals surface area contributed by atoms with Crippen molar-refractivity contribution in [3.8, 4) is 5.75 Å². The van der Waals surface area contributed by atoms with Crippen LogP contribution >= 0.6 is 15.9 Å². The molecule has 1 aliphatic rings. The van der Waals surface area contributed by atoms with Gasteiger partial charge in [0.1, 0.15) is 17.9 Å². The Bertz CT molecular complexity index is 1610. The number of fused-ring (bicyclic) bond motifs is 1. The molecule has 1 N–H and O–H groups in total. The monoisotopic (exact) mass is 554 g/mol. The van der Waals surface area contributed by atoms with E-state index in [4.69, 9.17) is 4.74 Å². The van der Waals surface area contributed by atoms with E-state index in [-0.39, 0.29) is 5.57 Å². The van der Waals surface area contributed by atoms with Crippen LogP contribution in [0, 0.1) is 13.8 Å². The summed E-state index contributed by atoms with van der Waals surface area (Å²) in [5.41, 5.74) is 3.71. The first-order valence-corrected chi connectivity index (χ1v) is 12.5. The molecule has 5 rings (SSSR count). The number of nitrogens with zero attached hydrogens (tertiary/aromatic N) is 1. The highest BCUT2D eigenvalue weighted by Crippen LogP contribution is 2.29. The van der Waals surface area contributed by atoms with Crippen molar-refractivity contribution in [2.75, 3.05) is 4.90 Å². The van der Waals surface area contributed by atoms with Crippen LogP contribution in [0.5, 0.6) is 5.75 Å². The fraction of sp³-hybridized carbons (Fsp3) is 0.100. The molecule has 0 atom stereocenters. The van der Waals surface area contributed by atoms with Gasteiger partial charge in [-0.1, -0.05) is 58.4 Å². The Morgan fingerprint density at radius 1 is 0.865 bits per heavy atom. The van der Waals surface area contributed by atoms with Gasteiger partial charge in [0.25, 0.3) is 11.8 Å². The van der Waals surface area contributed by atoms with Gasteiger partial charge < -0.3 is 4.74 Å². The number of barbiturate groups is 1. The summed E-state index contributed by atoms with van der Waals surface area (Å²) < 4.78 is 6.86. The Kier molecular flexibility index (Phi) is 6.63. The number of carbonyl (C=O) groups is 3. The number of anilines is 1. The van der Waals surface area contributed by atoms with Gasteiger partial charge in [-0.15, -0.1) is 0 Å². The Labute approximate surface area is 222 Å². The van der Waals surface area contributed by atoms with Crippen molar-refractivity contribution in [1.29, 1.82) is 0 Å². The molecule has 184 valence electrons. The molecule has 0 radical (unpaired) electrons. The average Bonchev–Trinajstić information content (AvgIpc) is 2.88. The molecule has 4 amide bonds. The maximum Gasteiger partial charge on any atom is 0.335 e. The molecule has 0 spiro atoms. The zero-order valence-corrected chi connectivity index (χ0v) is 21.8. The van der Waals surface area contributed by atoms with Gasteiger partial charge in [0.2, 0.25) is 0 Å². The molecule has 0 bridgehead atoms. The third kappa shape index (κ3) is 5.04. The van der Waals surface area contributed by atoms with E-state index < -0.39 is 17.8 Å². The van der Waals surface area contributed by atoms with Crippen molar-refractivity contribution in [2.45, 2.75) is 20.5 Å². The van der Waals surface area contributed by atoms with E-state index >= 15 is 0 Å². The van der Waals surface area contributed by atoms with Gasteiger partial charge in [-0.3, -0.25) is 14.9 Å². The molecule has 0 unspecified atom stereocenters. The SMILES string of the molecule is Cc1ccc(N2C(=O)NC(=O)/C(=C\c3cc(Br)ccc3OCc3ccc4ccccc4c3)C2=O)cc1C. The van der Waals surface area contributed by atoms with Crippen molar-refractivity contribution in [1.82, 2.24) is 5.32 Å². The lowest BCUT2D eigenvalue weighted by molar-refractivity contribution is -0.122. The molecule has 4 aromatic rings. The number of carbonyl (C=O) groups excluding carboxylic acids is 3. The molecule has 6 nitrogen and oxygen atoms in total. The molecule has 7 heteroatoms. The van der Waals surface area contributed by atoms with E-state index in [2.05, 4.69) is 33.4 Å². The van der Waals surface area contributed by atoms with Gasteiger partial charge >= 0.3 is 6.03 Å².